The number of morpholine rings is 1. The Labute approximate surface area is 189 Å². The van der Waals surface area contributed by atoms with E-state index in [9.17, 15) is 4.39 Å². The Morgan fingerprint density at radius 3 is 2.71 bits per heavy atom. The van der Waals surface area contributed by atoms with Gasteiger partial charge < -0.3 is 15.0 Å². The molecule has 1 atom stereocenters. The van der Waals surface area contributed by atoms with Crippen molar-refractivity contribution in [1.82, 2.24) is 15.1 Å². The maximum absolute atomic E-state index is 13.8. The Morgan fingerprint density at radius 1 is 1.32 bits per heavy atom. The number of halogens is 2. The molecule has 8 heteroatoms. The minimum Gasteiger partial charge on any atom is -0.379 e. The quantitative estimate of drug-likeness (QED) is 0.374. The number of guanidine groups is 1. The van der Waals surface area contributed by atoms with Gasteiger partial charge in [0.25, 0.3) is 0 Å². The molecule has 28 heavy (non-hydrogen) atoms. The highest BCUT2D eigenvalue weighted by Gasteiger charge is 2.29. The van der Waals surface area contributed by atoms with Crippen molar-refractivity contribution in [2.45, 2.75) is 24.6 Å². The van der Waals surface area contributed by atoms with Crippen molar-refractivity contribution in [2.75, 3.05) is 58.7 Å². The van der Waals surface area contributed by atoms with Crippen LogP contribution in [0.25, 0.3) is 0 Å². The maximum atomic E-state index is 13.8. The lowest BCUT2D eigenvalue weighted by Crippen LogP contribution is -2.52. The third-order valence-electron chi connectivity index (χ3n) is 5.11. The molecule has 0 saturated carbocycles. The second-order valence-electron chi connectivity index (χ2n) is 7.68. The number of thioether (sulfide) groups is 1. The van der Waals surface area contributed by atoms with E-state index in [0.717, 1.165) is 56.7 Å². The molecule has 0 bridgehead atoms. The SMILES string of the molecule is CN=C(NCC(c1cccc(F)c1)N1CCOCC1)N1CCSC(C)(C)C1.I. The molecule has 1 N–H and O–H groups in total. The molecule has 3 rings (SSSR count). The summed E-state index contributed by atoms with van der Waals surface area (Å²) in [6.45, 7) is 10.4. The summed E-state index contributed by atoms with van der Waals surface area (Å²) in [6.07, 6.45) is 0. The van der Waals surface area contributed by atoms with Crippen LogP contribution in [-0.2, 0) is 4.74 Å². The molecule has 2 aliphatic rings. The van der Waals surface area contributed by atoms with Gasteiger partial charge >= 0.3 is 0 Å². The van der Waals surface area contributed by atoms with Gasteiger partial charge in [0.1, 0.15) is 5.82 Å². The summed E-state index contributed by atoms with van der Waals surface area (Å²) in [5.74, 6) is 1.84. The van der Waals surface area contributed by atoms with E-state index in [1.165, 1.54) is 6.07 Å². The summed E-state index contributed by atoms with van der Waals surface area (Å²) >= 11 is 2.01. The molecule has 1 unspecified atom stereocenters. The molecule has 2 fully saturated rings. The highest BCUT2D eigenvalue weighted by atomic mass is 127. The van der Waals surface area contributed by atoms with Crippen LogP contribution in [0.2, 0.25) is 0 Å². The molecule has 2 heterocycles. The Balaban J connectivity index is 0.00000280. The van der Waals surface area contributed by atoms with Gasteiger partial charge in [-0.25, -0.2) is 4.39 Å². The van der Waals surface area contributed by atoms with Crippen LogP contribution in [0, 0.1) is 5.82 Å². The summed E-state index contributed by atoms with van der Waals surface area (Å²) < 4.78 is 19.6. The van der Waals surface area contributed by atoms with Gasteiger partial charge in [-0.1, -0.05) is 12.1 Å². The Hall–Kier alpha value is -0.580. The van der Waals surface area contributed by atoms with E-state index >= 15 is 0 Å². The predicted molar refractivity (Wildman–Crippen MR) is 126 cm³/mol. The molecule has 0 amide bonds. The molecular weight excluding hydrogens is 490 g/mol. The summed E-state index contributed by atoms with van der Waals surface area (Å²) in [5, 5.41) is 3.55. The second kappa shape index (κ2) is 11.0. The van der Waals surface area contributed by atoms with Crippen LogP contribution >= 0.6 is 35.7 Å². The maximum Gasteiger partial charge on any atom is 0.193 e. The van der Waals surface area contributed by atoms with E-state index in [1.807, 2.05) is 24.9 Å². The van der Waals surface area contributed by atoms with E-state index < -0.39 is 0 Å². The van der Waals surface area contributed by atoms with Gasteiger partial charge in [-0.2, -0.15) is 11.8 Å². The van der Waals surface area contributed by atoms with Gasteiger partial charge in [-0.05, 0) is 31.5 Å². The molecule has 158 valence electrons. The summed E-state index contributed by atoms with van der Waals surface area (Å²) in [7, 11) is 1.84. The fraction of sp³-hybridized carbons (Fsp3) is 0.650. The number of hydrogen-bond donors (Lipinski definition) is 1. The molecule has 0 spiro atoms. The van der Waals surface area contributed by atoms with Crippen molar-refractivity contribution in [3.05, 3.63) is 35.6 Å². The number of aliphatic imine (C=N–C) groups is 1. The smallest absolute Gasteiger partial charge is 0.193 e. The molecule has 1 aromatic rings. The fourth-order valence-corrected chi connectivity index (χ4v) is 4.89. The lowest BCUT2D eigenvalue weighted by molar-refractivity contribution is 0.0168. The van der Waals surface area contributed by atoms with Crippen LogP contribution < -0.4 is 5.32 Å². The third kappa shape index (κ3) is 6.47. The fourth-order valence-electron chi connectivity index (χ4n) is 3.78. The summed E-state index contributed by atoms with van der Waals surface area (Å²) in [5.41, 5.74) is 0.995. The highest BCUT2D eigenvalue weighted by Crippen LogP contribution is 2.29. The zero-order chi connectivity index (χ0) is 19.3. The minimum atomic E-state index is -0.190. The average Bonchev–Trinajstić information content (AvgIpc) is 2.65. The van der Waals surface area contributed by atoms with Gasteiger partial charge in [0.05, 0.1) is 19.3 Å². The molecule has 0 aliphatic carbocycles. The minimum absolute atomic E-state index is 0. The van der Waals surface area contributed by atoms with Crippen LogP contribution in [0.15, 0.2) is 29.3 Å². The first kappa shape index (κ1) is 23.7. The largest absolute Gasteiger partial charge is 0.379 e. The molecule has 5 nitrogen and oxygen atoms in total. The van der Waals surface area contributed by atoms with Gasteiger partial charge in [0.2, 0.25) is 0 Å². The van der Waals surface area contributed by atoms with Crippen molar-refractivity contribution >= 4 is 41.7 Å². The van der Waals surface area contributed by atoms with Gasteiger partial charge in [0.15, 0.2) is 5.96 Å². The number of nitrogens with one attached hydrogen (secondary N) is 1. The van der Waals surface area contributed by atoms with Crippen molar-refractivity contribution in [1.29, 1.82) is 0 Å². The van der Waals surface area contributed by atoms with Crippen LogP contribution in [0.3, 0.4) is 0 Å². The van der Waals surface area contributed by atoms with Gasteiger partial charge in [-0.15, -0.1) is 24.0 Å². The first-order chi connectivity index (χ1) is 13.0. The Bertz CT molecular complexity index is 655. The lowest BCUT2D eigenvalue weighted by atomic mass is 10.0. The molecule has 2 aliphatic heterocycles. The zero-order valence-electron chi connectivity index (χ0n) is 17.0. The van der Waals surface area contributed by atoms with Gasteiger partial charge in [-0.3, -0.25) is 9.89 Å². The normalized spacial score (nSPS) is 21.7. The monoisotopic (exact) mass is 522 g/mol. The molecule has 1 aromatic carbocycles. The standard InChI is InChI=1S/C20H31FN4OS.HI/c1-20(2)15-25(9-12-27-20)19(22-3)23-14-18(24-7-10-26-11-8-24)16-5-4-6-17(21)13-16;/h4-6,13,18H,7-12,14-15H2,1-3H3,(H,22,23);1H. The first-order valence-electron chi connectivity index (χ1n) is 9.65. The summed E-state index contributed by atoms with van der Waals surface area (Å²) in [6, 6.07) is 7.03. The first-order valence-corrected chi connectivity index (χ1v) is 10.6. The van der Waals surface area contributed by atoms with E-state index in [2.05, 4.69) is 34.0 Å². The average molecular weight is 522 g/mol. The Morgan fingerprint density at radius 2 is 2.07 bits per heavy atom. The lowest BCUT2D eigenvalue weighted by Gasteiger charge is -2.40. The molecule has 0 aromatic heterocycles. The van der Waals surface area contributed by atoms with E-state index in [1.54, 1.807) is 12.1 Å². The van der Waals surface area contributed by atoms with E-state index in [0.29, 0.717) is 6.54 Å². The number of hydrogen-bond acceptors (Lipinski definition) is 4. The molecular formula is C20H32FIN4OS. The topological polar surface area (TPSA) is 40.1 Å². The predicted octanol–water partition coefficient (Wildman–Crippen LogP) is 3.22. The highest BCUT2D eigenvalue weighted by molar-refractivity contribution is 14.0. The van der Waals surface area contributed by atoms with Gasteiger partial charge in [0, 0.05) is 50.3 Å². The number of ether oxygens (including phenoxy) is 1. The Kier molecular flexibility index (Phi) is 9.30. The second-order valence-corrected chi connectivity index (χ2v) is 9.48. The van der Waals surface area contributed by atoms with Crippen molar-refractivity contribution in [2.24, 2.45) is 4.99 Å². The van der Waals surface area contributed by atoms with E-state index in [-0.39, 0.29) is 40.6 Å². The van der Waals surface area contributed by atoms with Crippen LogP contribution in [-0.4, -0.2) is 79.2 Å². The van der Waals surface area contributed by atoms with Crippen molar-refractivity contribution in [3.63, 3.8) is 0 Å². The van der Waals surface area contributed by atoms with Crippen molar-refractivity contribution < 1.29 is 9.13 Å². The number of rotatable bonds is 4. The third-order valence-corrected chi connectivity index (χ3v) is 6.41. The zero-order valence-corrected chi connectivity index (χ0v) is 20.1. The van der Waals surface area contributed by atoms with Crippen molar-refractivity contribution in [3.8, 4) is 0 Å². The van der Waals surface area contributed by atoms with Crippen LogP contribution in [0.5, 0.6) is 0 Å². The number of benzene rings is 1. The summed E-state index contributed by atoms with van der Waals surface area (Å²) in [4.78, 5) is 9.21. The van der Waals surface area contributed by atoms with Crippen LogP contribution in [0.4, 0.5) is 4.39 Å². The van der Waals surface area contributed by atoms with E-state index in [4.69, 9.17) is 4.74 Å². The molecule has 2 saturated heterocycles. The van der Waals surface area contributed by atoms with Crippen LogP contribution in [0.1, 0.15) is 25.5 Å². The molecule has 0 radical (unpaired) electrons. The number of nitrogens with zero attached hydrogens (tertiary/aromatic N) is 3.